The van der Waals surface area contributed by atoms with Gasteiger partial charge in [0.15, 0.2) is 0 Å². The lowest BCUT2D eigenvalue weighted by atomic mass is 10.1. The Labute approximate surface area is 160 Å². The lowest BCUT2D eigenvalue weighted by Crippen LogP contribution is -2.49. The molecule has 5 heteroatoms. The van der Waals surface area contributed by atoms with Crippen LogP contribution >= 0.6 is 11.6 Å². The lowest BCUT2D eigenvalue weighted by molar-refractivity contribution is 0.0660. The first-order chi connectivity index (χ1) is 12.5. The SMILES string of the molecule is Cc1cccc(OCC(O)CN2CCN(c3cccc(Cl)c3)CC2)c1C. The zero-order valence-electron chi connectivity index (χ0n) is 15.5. The summed E-state index contributed by atoms with van der Waals surface area (Å²) < 4.78 is 5.82. The number of β-amino-alcohol motifs (C(OH)–C–C–N with tert-alkyl or cyclic N) is 1. The highest BCUT2D eigenvalue weighted by molar-refractivity contribution is 6.30. The zero-order valence-corrected chi connectivity index (χ0v) is 16.2. The van der Waals surface area contributed by atoms with Crippen molar-refractivity contribution in [3.63, 3.8) is 0 Å². The topological polar surface area (TPSA) is 35.9 Å². The summed E-state index contributed by atoms with van der Waals surface area (Å²) in [4.78, 5) is 4.62. The molecule has 1 fully saturated rings. The van der Waals surface area contributed by atoms with Crippen LogP contribution in [-0.2, 0) is 0 Å². The molecule has 0 aliphatic carbocycles. The molecule has 1 unspecified atom stereocenters. The fourth-order valence-electron chi connectivity index (χ4n) is 3.28. The Morgan fingerprint density at radius 2 is 1.81 bits per heavy atom. The van der Waals surface area contributed by atoms with Gasteiger partial charge in [0.2, 0.25) is 0 Å². The third kappa shape index (κ3) is 4.91. The maximum absolute atomic E-state index is 10.3. The van der Waals surface area contributed by atoms with E-state index in [0.717, 1.165) is 48.2 Å². The molecule has 140 valence electrons. The Morgan fingerprint density at radius 3 is 2.54 bits per heavy atom. The Bertz CT molecular complexity index is 730. The Morgan fingerprint density at radius 1 is 1.08 bits per heavy atom. The van der Waals surface area contributed by atoms with Crippen molar-refractivity contribution in [3.05, 3.63) is 58.6 Å². The van der Waals surface area contributed by atoms with Gasteiger partial charge in [-0.15, -0.1) is 0 Å². The number of hydrogen-bond donors (Lipinski definition) is 1. The summed E-state index contributed by atoms with van der Waals surface area (Å²) in [6.45, 7) is 8.78. The molecule has 0 radical (unpaired) electrons. The molecular formula is C21H27ClN2O2. The van der Waals surface area contributed by atoms with E-state index in [-0.39, 0.29) is 0 Å². The summed E-state index contributed by atoms with van der Waals surface area (Å²) in [5, 5.41) is 11.1. The van der Waals surface area contributed by atoms with E-state index < -0.39 is 6.10 Å². The van der Waals surface area contributed by atoms with Gasteiger partial charge in [-0.25, -0.2) is 0 Å². The number of benzene rings is 2. The van der Waals surface area contributed by atoms with Crippen LogP contribution in [0, 0.1) is 13.8 Å². The minimum absolute atomic E-state index is 0.318. The van der Waals surface area contributed by atoms with Crippen molar-refractivity contribution in [1.82, 2.24) is 4.90 Å². The zero-order chi connectivity index (χ0) is 18.5. The van der Waals surface area contributed by atoms with E-state index in [4.69, 9.17) is 16.3 Å². The van der Waals surface area contributed by atoms with E-state index in [1.54, 1.807) is 0 Å². The molecule has 0 saturated carbocycles. The summed E-state index contributed by atoms with van der Waals surface area (Å²) in [5.41, 5.74) is 3.50. The van der Waals surface area contributed by atoms with Gasteiger partial charge < -0.3 is 14.7 Å². The van der Waals surface area contributed by atoms with Gasteiger partial charge in [-0.2, -0.15) is 0 Å². The molecule has 1 saturated heterocycles. The molecule has 1 aliphatic rings. The molecule has 1 aliphatic heterocycles. The molecule has 26 heavy (non-hydrogen) atoms. The van der Waals surface area contributed by atoms with Crippen LogP contribution in [0.25, 0.3) is 0 Å². The van der Waals surface area contributed by atoms with Gasteiger partial charge >= 0.3 is 0 Å². The number of aryl methyl sites for hydroxylation is 1. The summed E-state index contributed by atoms with van der Waals surface area (Å²) in [7, 11) is 0. The van der Waals surface area contributed by atoms with Gasteiger partial charge in [0.05, 0.1) is 0 Å². The Balaban J connectivity index is 1.44. The average Bonchev–Trinajstić information content (AvgIpc) is 2.63. The number of nitrogens with zero attached hydrogens (tertiary/aromatic N) is 2. The van der Waals surface area contributed by atoms with Crippen LogP contribution in [0.3, 0.4) is 0 Å². The third-order valence-electron chi connectivity index (χ3n) is 5.00. The van der Waals surface area contributed by atoms with Crippen molar-refractivity contribution in [3.8, 4) is 5.75 Å². The van der Waals surface area contributed by atoms with Gasteiger partial charge in [-0.3, -0.25) is 4.90 Å². The molecule has 1 heterocycles. The molecule has 0 amide bonds. The third-order valence-corrected chi connectivity index (χ3v) is 5.24. The van der Waals surface area contributed by atoms with Gasteiger partial charge in [0.1, 0.15) is 18.5 Å². The second-order valence-corrected chi connectivity index (χ2v) is 7.37. The van der Waals surface area contributed by atoms with E-state index in [1.165, 1.54) is 5.56 Å². The molecule has 0 spiro atoms. The molecule has 1 N–H and O–H groups in total. The number of aliphatic hydroxyl groups is 1. The minimum Gasteiger partial charge on any atom is -0.491 e. The lowest BCUT2D eigenvalue weighted by Gasteiger charge is -2.37. The fraction of sp³-hybridized carbons (Fsp3) is 0.429. The summed E-state index contributed by atoms with van der Waals surface area (Å²) in [6.07, 6.45) is -0.493. The smallest absolute Gasteiger partial charge is 0.122 e. The van der Waals surface area contributed by atoms with E-state index in [0.29, 0.717) is 13.2 Å². The number of ether oxygens (including phenoxy) is 1. The van der Waals surface area contributed by atoms with E-state index in [1.807, 2.05) is 37.3 Å². The van der Waals surface area contributed by atoms with Crippen molar-refractivity contribution >= 4 is 17.3 Å². The van der Waals surface area contributed by atoms with E-state index in [9.17, 15) is 5.11 Å². The predicted octanol–water partition coefficient (Wildman–Crippen LogP) is 3.52. The molecule has 1 atom stereocenters. The first-order valence-corrected chi connectivity index (χ1v) is 9.50. The Kier molecular flexibility index (Phi) is 6.41. The van der Waals surface area contributed by atoms with Crippen molar-refractivity contribution < 1.29 is 9.84 Å². The van der Waals surface area contributed by atoms with E-state index >= 15 is 0 Å². The number of aliphatic hydroxyl groups excluding tert-OH is 1. The fourth-order valence-corrected chi connectivity index (χ4v) is 3.46. The first-order valence-electron chi connectivity index (χ1n) is 9.13. The standard InChI is InChI=1S/C21H27ClN2O2/c1-16-5-3-8-21(17(16)2)26-15-20(25)14-23-9-11-24(12-10-23)19-7-4-6-18(22)13-19/h3-8,13,20,25H,9-12,14-15H2,1-2H3. The highest BCUT2D eigenvalue weighted by atomic mass is 35.5. The normalized spacial score (nSPS) is 16.5. The van der Waals surface area contributed by atoms with Crippen molar-refractivity contribution in [2.75, 3.05) is 44.2 Å². The van der Waals surface area contributed by atoms with Crippen molar-refractivity contribution in [1.29, 1.82) is 0 Å². The number of anilines is 1. The predicted molar refractivity (Wildman–Crippen MR) is 108 cm³/mol. The van der Waals surface area contributed by atoms with Crippen LogP contribution in [0.2, 0.25) is 5.02 Å². The van der Waals surface area contributed by atoms with Gasteiger partial charge in [0, 0.05) is 43.4 Å². The quantitative estimate of drug-likeness (QED) is 0.839. The molecule has 2 aromatic rings. The molecule has 2 aromatic carbocycles. The Hall–Kier alpha value is -1.75. The average molecular weight is 375 g/mol. The van der Waals surface area contributed by atoms with Gasteiger partial charge in [-0.1, -0.05) is 29.8 Å². The molecule has 0 aromatic heterocycles. The highest BCUT2D eigenvalue weighted by Gasteiger charge is 2.20. The van der Waals surface area contributed by atoms with Crippen LogP contribution in [0.4, 0.5) is 5.69 Å². The largest absolute Gasteiger partial charge is 0.491 e. The maximum Gasteiger partial charge on any atom is 0.122 e. The number of rotatable bonds is 6. The number of hydrogen-bond acceptors (Lipinski definition) is 4. The maximum atomic E-state index is 10.3. The molecule has 3 rings (SSSR count). The van der Waals surface area contributed by atoms with E-state index in [2.05, 4.69) is 28.9 Å². The molecule has 0 bridgehead atoms. The van der Waals surface area contributed by atoms with Crippen LogP contribution in [0.15, 0.2) is 42.5 Å². The van der Waals surface area contributed by atoms with Crippen molar-refractivity contribution in [2.24, 2.45) is 0 Å². The van der Waals surface area contributed by atoms with Gasteiger partial charge in [0.25, 0.3) is 0 Å². The van der Waals surface area contributed by atoms with Crippen LogP contribution < -0.4 is 9.64 Å². The second kappa shape index (κ2) is 8.76. The summed E-state index contributed by atoms with van der Waals surface area (Å²) in [5.74, 6) is 0.856. The second-order valence-electron chi connectivity index (χ2n) is 6.93. The van der Waals surface area contributed by atoms with Crippen LogP contribution in [-0.4, -0.2) is 55.4 Å². The van der Waals surface area contributed by atoms with Crippen molar-refractivity contribution in [2.45, 2.75) is 20.0 Å². The van der Waals surface area contributed by atoms with Crippen LogP contribution in [0.5, 0.6) is 5.75 Å². The molecule has 4 nitrogen and oxygen atoms in total. The highest BCUT2D eigenvalue weighted by Crippen LogP contribution is 2.22. The molecular weight excluding hydrogens is 348 g/mol. The monoisotopic (exact) mass is 374 g/mol. The summed E-state index contributed by atoms with van der Waals surface area (Å²) >= 11 is 6.08. The number of halogens is 1. The summed E-state index contributed by atoms with van der Waals surface area (Å²) in [6, 6.07) is 14.0. The van der Waals surface area contributed by atoms with Gasteiger partial charge in [-0.05, 0) is 49.2 Å². The first kappa shape index (κ1) is 19.0. The van der Waals surface area contributed by atoms with Crippen LogP contribution in [0.1, 0.15) is 11.1 Å². The number of piperazine rings is 1. The minimum atomic E-state index is -0.493.